The van der Waals surface area contributed by atoms with Gasteiger partial charge in [0.1, 0.15) is 5.82 Å². The molecule has 0 saturated carbocycles. The number of hydrogen-bond acceptors (Lipinski definition) is 4. The zero-order valence-corrected chi connectivity index (χ0v) is 24.2. The normalized spacial score (nSPS) is 19.8. The van der Waals surface area contributed by atoms with Crippen molar-refractivity contribution in [2.45, 2.75) is 70.0 Å². The summed E-state index contributed by atoms with van der Waals surface area (Å²) in [6.07, 6.45) is 12.1. The van der Waals surface area contributed by atoms with Crippen molar-refractivity contribution in [1.29, 1.82) is 0 Å². The zero-order chi connectivity index (χ0) is 20.2. The van der Waals surface area contributed by atoms with Crippen molar-refractivity contribution in [1.82, 2.24) is 25.2 Å². The van der Waals surface area contributed by atoms with Crippen LogP contribution in [0.4, 0.5) is 0 Å². The van der Waals surface area contributed by atoms with Crippen LogP contribution in [0.1, 0.15) is 68.1 Å². The van der Waals surface area contributed by atoms with Gasteiger partial charge in [0, 0.05) is 12.2 Å². The van der Waals surface area contributed by atoms with E-state index in [2.05, 4.69) is 51.6 Å². The van der Waals surface area contributed by atoms with Gasteiger partial charge in [0.25, 0.3) is 0 Å². The SMILES string of the molecule is Br.Br.Br.c1cnc2c(c1)CCC[C@@H]2N(CCCC1CCCCN1)Cc1nc2ccccc2[nH]1. The Hall–Kier alpha value is -0.800. The average Bonchev–Trinajstić information content (AvgIpc) is 3.21. The molecule has 2 aliphatic rings. The Morgan fingerprint density at radius 1 is 0.970 bits per heavy atom. The lowest BCUT2D eigenvalue weighted by Gasteiger charge is -2.35. The maximum absolute atomic E-state index is 4.87. The van der Waals surface area contributed by atoms with Crippen molar-refractivity contribution >= 4 is 62.0 Å². The van der Waals surface area contributed by atoms with Crippen LogP contribution in [0.3, 0.4) is 0 Å². The maximum Gasteiger partial charge on any atom is 0.121 e. The summed E-state index contributed by atoms with van der Waals surface area (Å²) in [5, 5.41) is 3.71. The van der Waals surface area contributed by atoms with E-state index in [0.29, 0.717) is 12.1 Å². The first-order valence-corrected chi connectivity index (χ1v) is 11.7. The molecule has 5 rings (SSSR count). The van der Waals surface area contributed by atoms with Crippen molar-refractivity contribution in [3.8, 4) is 0 Å². The highest BCUT2D eigenvalue weighted by Crippen LogP contribution is 2.34. The number of rotatable bonds is 7. The number of para-hydroxylation sites is 2. The van der Waals surface area contributed by atoms with E-state index < -0.39 is 0 Å². The second-order valence-corrected chi connectivity index (χ2v) is 8.92. The Balaban J connectivity index is 0.00000128. The van der Waals surface area contributed by atoms with Gasteiger partial charge in [-0.3, -0.25) is 9.88 Å². The van der Waals surface area contributed by atoms with Gasteiger partial charge in [0.15, 0.2) is 0 Å². The number of aromatic nitrogens is 3. The maximum atomic E-state index is 4.87. The van der Waals surface area contributed by atoms with Gasteiger partial charge >= 0.3 is 0 Å². The molecule has 1 aliphatic carbocycles. The number of benzene rings is 1. The number of hydrogen-bond donors (Lipinski definition) is 2. The number of aromatic amines is 1. The highest BCUT2D eigenvalue weighted by molar-refractivity contribution is 8.93. The third-order valence-electron chi connectivity index (χ3n) is 6.81. The first-order chi connectivity index (χ1) is 14.9. The number of aryl methyl sites for hydroxylation is 1. The molecule has 2 atom stereocenters. The Labute approximate surface area is 228 Å². The summed E-state index contributed by atoms with van der Waals surface area (Å²) in [4.78, 5) is 15.9. The van der Waals surface area contributed by atoms with Crippen molar-refractivity contribution in [2.24, 2.45) is 0 Å². The van der Waals surface area contributed by atoms with E-state index in [1.807, 2.05) is 6.20 Å². The molecular formula is C25H36Br3N5. The van der Waals surface area contributed by atoms with E-state index in [0.717, 1.165) is 36.4 Å². The van der Waals surface area contributed by atoms with Crippen LogP contribution in [0.5, 0.6) is 0 Å². The molecule has 1 fully saturated rings. The lowest BCUT2D eigenvalue weighted by Crippen LogP contribution is -2.36. The number of imidazole rings is 1. The highest BCUT2D eigenvalue weighted by atomic mass is 79.9. The van der Waals surface area contributed by atoms with Crippen molar-refractivity contribution in [3.05, 3.63) is 59.7 Å². The van der Waals surface area contributed by atoms with Gasteiger partial charge in [-0.15, -0.1) is 50.9 Å². The Morgan fingerprint density at radius 2 is 1.85 bits per heavy atom. The third-order valence-corrected chi connectivity index (χ3v) is 6.81. The number of nitrogens with zero attached hydrogens (tertiary/aromatic N) is 3. The van der Waals surface area contributed by atoms with Gasteiger partial charge < -0.3 is 10.3 Å². The number of piperidine rings is 1. The molecule has 5 nitrogen and oxygen atoms in total. The standard InChI is InChI=1S/C25H33N5.3BrH/c1-2-13-22-21(12-1)28-24(29-22)18-30(17-7-11-20-10-3-4-15-26-20)23-14-5-8-19-9-6-16-27-25(19)23;;;/h1-2,6,9,12-13,16,20,23,26H,3-5,7-8,10-11,14-15,17-18H2,(H,28,29);3*1H/t20?,23-;;;/m0.../s1. The lowest BCUT2D eigenvalue weighted by atomic mass is 9.90. The Bertz CT molecular complexity index is 940. The van der Waals surface area contributed by atoms with Crippen LogP contribution in [0.15, 0.2) is 42.6 Å². The summed E-state index contributed by atoms with van der Waals surface area (Å²) >= 11 is 0. The number of pyridine rings is 1. The van der Waals surface area contributed by atoms with E-state index in [1.54, 1.807) is 0 Å². The third kappa shape index (κ3) is 7.10. The summed E-state index contributed by atoms with van der Waals surface area (Å²) in [6.45, 7) is 3.14. The topological polar surface area (TPSA) is 56.8 Å². The molecule has 1 saturated heterocycles. The molecule has 1 unspecified atom stereocenters. The first kappa shape index (κ1) is 28.4. The fourth-order valence-electron chi connectivity index (χ4n) is 5.27. The molecule has 1 aromatic carbocycles. The lowest BCUT2D eigenvalue weighted by molar-refractivity contribution is 0.156. The van der Waals surface area contributed by atoms with Gasteiger partial charge in [0.05, 0.1) is 29.3 Å². The number of H-pyrrole nitrogens is 1. The molecule has 2 N–H and O–H groups in total. The summed E-state index contributed by atoms with van der Waals surface area (Å²) in [5.74, 6) is 1.06. The molecule has 2 aromatic heterocycles. The minimum absolute atomic E-state index is 0. The van der Waals surface area contributed by atoms with Gasteiger partial charge in [-0.2, -0.15) is 0 Å². The van der Waals surface area contributed by atoms with E-state index in [-0.39, 0.29) is 50.9 Å². The number of halogens is 3. The molecule has 0 spiro atoms. The predicted molar refractivity (Wildman–Crippen MR) is 152 cm³/mol. The van der Waals surface area contributed by atoms with Gasteiger partial charge in [-0.1, -0.05) is 24.6 Å². The van der Waals surface area contributed by atoms with Gasteiger partial charge in [-0.25, -0.2) is 4.98 Å². The molecule has 0 radical (unpaired) electrons. The molecule has 3 aromatic rings. The largest absolute Gasteiger partial charge is 0.341 e. The number of fused-ring (bicyclic) bond motifs is 2. The van der Waals surface area contributed by atoms with Crippen molar-refractivity contribution < 1.29 is 0 Å². The summed E-state index contributed by atoms with van der Waals surface area (Å²) in [7, 11) is 0. The van der Waals surface area contributed by atoms with Crippen LogP contribution in [-0.2, 0) is 13.0 Å². The molecule has 0 amide bonds. The smallest absolute Gasteiger partial charge is 0.121 e. The van der Waals surface area contributed by atoms with E-state index in [9.17, 15) is 0 Å². The fourth-order valence-corrected chi connectivity index (χ4v) is 5.27. The second kappa shape index (κ2) is 13.9. The molecule has 3 heterocycles. The van der Waals surface area contributed by atoms with E-state index in [4.69, 9.17) is 9.97 Å². The van der Waals surface area contributed by atoms with Crippen LogP contribution in [0.25, 0.3) is 11.0 Å². The summed E-state index contributed by atoms with van der Waals surface area (Å²) < 4.78 is 0. The Kier molecular flexibility index (Phi) is 12.0. The van der Waals surface area contributed by atoms with Crippen molar-refractivity contribution in [2.75, 3.05) is 13.1 Å². The van der Waals surface area contributed by atoms with Crippen LogP contribution < -0.4 is 5.32 Å². The highest BCUT2D eigenvalue weighted by Gasteiger charge is 2.28. The van der Waals surface area contributed by atoms with Gasteiger partial charge in [-0.05, 0) is 81.8 Å². The zero-order valence-electron chi connectivity index (χ0n) is 19.0. The molecule has 0 bridgehead atoms. The molecule has 182 valence electrons. The summed E-state index contributed by atoms with van der Waals surface area (Å²) in [5.41, 5.74) is 4.90. The molecular weight excluding hydrogens is 610 g/mol. The first-order valence-electron chi connectivity index (χ1n) is 11.7. The van der Waals surface area contributed by atoms with Gasteiger partial charge in [0.2, 0.25) is 0 Å². The summed E-state index contributed by atoms with van der Waals surface area (Å²) in [6, 6.07) is 13.8. The second-order valence-electron chi connectivity index (χ2n) is 8.92. The quantitative estimate of drug-likeness (QED) is 0.308. The minimum Gasteiger partial charge on any atom is -0.341 e. The van der Waals surface area contributed by atoms with Crippen LogP contribution in [0.2, 0.25) is 0 Å². The molecule has 33 heavy (non-hydrogen) atoms. The fraction of sp³-hybridized carbons (Fsp3) is 0.520. The number of nitrogens with one attached hydrogen (secondary N) is 2. The Morgan fingerprint density at radius 3 is 2.67 bits per heavy atom. The van der Waals surface area contributed by atoms with Crippen LogP contribution in [-0.4, -0.2) is 39.0 Å². The van der Waals surface area contributed by atoms with Crippen LogP contribution >= 0.6 is 50.9 Å². The van der Waals surface area contributed by atoms with Crippen LogP contribution in [0, 0.1) is 0 Å². The average molecular weight is 646 g/mol. The molecule has 8 heteroatoms. The van der Waals surface area contributed by atoms with Crippen molar-refractivity contribution in [3.63, 3.8) is 0 Å². The van der Waals surface area contributed by atoms with E-state index in [1.165, 1.54) is 62.7 Å². The van der Waals surface area contributed by atoms with E-state index >= 15 is 0 Å². The predicted octanol–water partition coefficient (Wildman–Crippen LogP) is 6.49. The molecule has 1 aliphatic heterocycles. The monoisotopic (exact) mass is 643 g/mol. The minimum atomic E-state index is 0.